The monoisotopic (exact) mass is 276 g/mol. The van der Waals surface area contributed by atoms with Crippen LogP contribution in [-0.4, -0.2) is 20.9 Å². The second-order valence-corrected chi connectivity index (χ2v) is 4.87. The molecule has 2 aromatic heterocycles. The van der Waals surface area contributed by atoms with Crippen molar-refractivity contribution in [3.8, 4) is 0 Å². The van der Waals surface area contributed by atoms with Crippen LogP contribution in [0, 0.1) is 0 Å². The molecule has 2 heterocycles. The van der Waals surface area contributed by atoms with E-state index in [4.69, 9.17) is 0 Å². The minimum atomic E-state index is -0.255. The van der Waals surface area contributed by atoms with Crippen molar-refractivity contribution >= 4 is 22.9 Å². The van der Waals surface area contributed by atoms with Gasteiger partial charge < -0.3 is 4.98 Å². The molecule has 0 aliphatic carbocycles. The molecule has 6 nitrogen and oxygen atoms in total. The van der Waals surface area contributed by atoms with Gasteiger partial charge >= 0.3 is 0 Å². The molecule has 20 heavy (non-hydrogen) atoms. The zero-order valence-electron chi connectivity index (χ0n) is 11.7. The number of nitrogens with one attached hydrogen (secondary N) is 3. The summed E-state index contributed by atoms with van der Waals surface area (Å²) in [6.45, 7) is 2.16. The van der Waals surface area contributed by atoms with Gasteiger partial charge in [0.25, 0.3) is 5.56 Å². The molecule has 6 heteroatoms. The number of hydrogen-bond donors (Lipinski definition) is 3. The van der Waals surface area contributed by atoms with Gasteiger partial charge in [0.05, 0.1) is 5.39 Å². The summed E-state index contributed by atoms with van der Waals surface area (Å²) in [4.78, 5) is 33.0. The van der Waals surface area contributed by atoms with Crippen LogP contribution in [0.1, 0.15) is 45.4 Å². The minimum absolute atomic E-state index is 0.115. The number of carbonyl (C=O) groups excluding carboxylic acids is 1. The summed E-state index contributed by atoms with van der Waals surface area (Å²) in [6.07, 6.45) is 7.57. The van der Waals surface area contributed by atoms with Crippen molar-refractivity contribution in [1.29, 1.82) is 0 Å². The molecular weight excluding hydrogens is 256 g/mol. The lowest BCUT2D eigenvalue weighted by Crippen LogP contribution is -2.17. The molecule has 0 saturated heterocycles. The molecule has 0 atom stereocenters. The van der Waals surface area contributed by atoms with Gasteiger partial charge in [-0.25, -0.2) is 0 Å². The summed E-state index contributed by atoms with van der Waals surface area (Å²) in [5.41, 5.74) is 0.224. The van der Waals surface area contributed by atoms with Crippen LogP contribution < -0.4 is 10.9 Å². The van der Waals surface area contributed by atoms with Crippen LogP contribution >= 0.6 is 0 Å². The molecule has 1 amide bonds. The number of carbonyl (C=O) groups is 1. The van der Waals surface area contributed by atoms with E-state index < -0.39 is 0 Å². The standard InChI is InChI=1S/C14H20N4O2/c1-2-3-4-5-6-7-11(19)16-14-17-12-10(8-9-15-12)13(20)18-14/h8-9H,2-7H2,1H3,(H3,15,16,17,18,19,20). The van der Waals surface area contributed by atoms with Crippen LogP contribution in [0.2, 0.25) is 0 Å². The third kappa shape index (κ3) is 3.69. The van der Waals surface area contributed by atoms with E-state index in [2.05, 4.69) is 27.2 Å². The second kappa shape index (κ2) is 6.88. The lowest BCUT2D eigenvalue weighted by Gasteiger charge is -2.04. The van der Waals surface area contributed by atoms with Crippen molar-refractivity contribution < 1.29 is 4.79 Å². The van der Waals surface area contributed by atoms with Gasteiger partial charge in [0.15, 0.2) is 0 Å². The number of unbranched alkanes of at least 4 members (excludes halogenated alkanes) is 4. The van der Waals surface area contributed by atoms with Crippen molar-refractivity contribution in [2.45, 2.75) is 45.4 Å². The van der Waals surface area contributed by atoms with Crippen LogP contribution in [-0.2, 0) is 4.79 Å². The fourth-order valence-electron chi connectivity index (χ4n) is 2.09. The molecule has 3 N–H and O–H groups in total. The van der Waals surface area contributed by atoms with E-state index in [0.717, 1.165) is 19.3 Å². The zero-order chi connectivity index (χ0) is 14.4. The van der Waals surface area contributed by atoms with E-state index in [-0.39, 0.29) is 17.4 Å². The van der Waals surface area contributed by atoms with Crippen molar-refractivity contribution in [1.82, 2.24) is 15.0 Å². The normalized spacial score (nSPS) is 10.8. The summed E-state index contributed by atoms with van der Waals surface area (Å²) in [6, 6.07) is 1.65. The molecule has 0 aliphatic rings. The SMILES string of the molecule is CCCCCCCC(=O)Nc1nc2[nH]ccc2c(=O)[nH]1. The highest BCUT2D eigenvalue weighted by Crippen LogP contribution is 2.08. The third-order valence-corrected chi connectivity index (χ3v) is 3.19. The smallest absolute Gasteiger partial charge is 0.261 e. The predicted octanol–water partition coefficient (Wildman–Crippen LogP) is 2.55. The number of hydrogen-bond acceptors (Lipinski definition) is 3. The topological polar surface area (TPSA) is 90.6 Å². The fraction of sp³-hybridized carbons (Fsp3) is 0.500. The van der Waals surface area contributed by atoms with Gasteiger partial charge in [-0.2, -0.15) is 4.98 Å². The summed E-state index contributed by atoms with van der Waals surface area (Å²) in [5.74, 6) is 0.0825. The van der Waals surface area contributed by atoms with Gasteiger partial charge in [-0.1, -0.05) is 32.6 Å². The van der Waals surface area contributed by atoms with Crippen LogP contribution in [0.5, 0.6) is 0 Å². The van der Waals surface area contributed by atoms with Crippen molar-refractivity contribution in [2.24, 2.45) is 0 Å². The van der Waals surface area contributed by atoms with E-state index in [9.17, 15) is 9.59 Å². The number of H-pyrrole nitrogens is 2. The first-order valence-corrected chi connectivity index (χ1v) is 7.08. The van der Waals surface area contributed by atoms with Crippen molar-refractivity contribution in [2.75, 3.05) is 5.32 Å². The van der Waals surface area contributed by atoms with E-state index in [0.29, 0.717) is 17.5 Å². The summed E-state index contributed by atoms with van der Waals surface area (Å²) >= 11 is 0. The highest BCUT2D eigenvalue weighted by Gasteiger charge is 2.07. The second-order valence-electron chi connectivity index (χ2n) is 4.87. The van der Waals surface area contributed by atoms with Gasteiger partial charge in [0.2, 0.25) is 11.9 Å². The Labute approximate surface area is 117 Å². The van der Waals surface area contributed by atoms with Crippen LogP contribution in [0.15, 0.2) is 17.1 Å². The predicted molar refractivity (Wildman–Crippen MR) is 78.7 cm³/mol. The van der Waals surface area contributed by atoms with E-state index in [1.807, 2.05) is 0 Å². The Morgan fingerprint density at radius 2 is 2.10 bits per heavy atom. The highest BCUT2D eigenvalue weighted by atomic mass is 16.2. The van der Waals surface area contributed by atoms with Gasteiger partial charge in [-0.05, 0) is 12.5 Å². The van der Waals surface area contributed by atoms with Crippen molar-refractivity contribution in [3.05, 3.63) is 22.6 Å². The van der Waals surface area contributed by atoms with Crippen LogP contribution in [0.4, 0.5) is 5.95 Å². The molecule has 0 radical (unpaired) electrons. The molecule has 0 aliphatic heterocycles. The number of aromatic nitrogens is 3. The largest absolute Gasteiger partial charge is 0.346 e. The number of rotatable bonds is 7. The molecular formula is C14H20N4O2. The Morgan fingerprint density at radius 3 is 2.90 bits per heavy atom. The Balaban J connectivity index is 1.88. The molecule has 0 bridgehead atoms. The lowest BCUT2D eigenvalue weighted by atomic mass is 10.1. The van der Waals surface area contributed by atoms with Gasteiger partial charge in [0.1, 0.15) is 5.65 Å². The van der Waals surface area contributed by atoms with E-state index >= 15 is 0 Å². The fourth-order valence-corrected chi connectivity index (χ4v) is 2.09. The first-order valence-electron chi connectivity index (χ1n) is 7.08. The number of anilines is 1. The molecule has 0 saturated carbocycles. The number of fused-ring (bicyclic) bond motifs is 1. The molecule has 0 unspecified atom stereocenters. The zero-order valence-corrected chi connectivity index (χ0v) is 11.7. The number of aromatic amines is 2. The molecule has 0 spiro atoms. The average Bonchev–Trinajstić information content (AvgIpc) is 2.87. The molecule has 0 fully saturated rings. The summed E-state index contributed by atoms with van der Waals surface area (Å²) in [7, 11) is 0. The summed E-state index contributed by atoms with van der Waals surface area (Å²) < 4.78 is 0. The number of nitrogens with zero attached hydrogens (tertiary/aromatic N) is 1. The first kappa shape index (κ1) is 14.3. The highest BCUT2D eigenvalue weighted by molar-refractivity contribution is 5.89. The Morgan fingerprint density at radius 1 is 1.30 bits per heavy atom. The molecule has 2 aromatic rings. The lowest BCUT2D eigenvalue weighted by molar-refractivity contribution is -0.116. The minimum Gasteiger partial charge on any atom is -0.346 e. The molecule has 2 rings (SSSR count). The van der Waals surface area contributed by atoms with Gasteiger partial charge in [-0.15, -0.1) is 0 Å². The van der Waals surface area contributed by atoms with Crippen LogP contribution in [0.3, 0.4) is 0 Å². The van der Waals surface area contributed by atoms with E-state index in [1.54, 1.807) is 12.3 Å². The maximum absolute atomic E-state index is 11.7. The summed E-state index contributed by atoms with van der Waals surface area (Å²) in [5, 5.41) is 3.12. The van der Waals surface area contributed by atoms with Crippen LogP contribution in [0.25, 0.3) is 11.0 Å². The van der Waals surface area contributed by atoms with Gasteiger partial charge in [-0.3, -0.25) is 19.9 Å². The van der Waals surface area contributed by atoms with Crippen molar-refractivity contribution in [3.63, 3.8) is 0 Å². The Bertz CT molecular complexity index is 629. The Hall–Kier alpha value is -2.11. The molecule has 0 aromatic carbocycles. The van der Waals surface area contributed by atoms with Gasteiger partial charge in [0, 0.05) is 12.6 Å². The third-order valence-electron chi connectivity index (χ3n) is 3.19. The number of amides is 1. The average molecular weight is 276 g/mol. The first-order chi connectivity index (χ1) is 9.70. The maximum atomic E-state index is 11.7. The quantitative estimate of drug-likeness (QED) is 0.679. The molecule has 108 valence electrons. The Kier molecular flexibility index (Phi) is 4.92. The maximum Gasteiger partial charge on any atom is 0.261 e. The van der Waals surface area contributed by atoms with E-state index in [1.165, 1.54) is 12.8 Å².